The molecule has 0 bridgehead atoms. The van der Waals surface area contributed by atoms with Crippen molar-refractivity contribution in [3.63, 3.8) is 0 Å². The molecular weight excluding hydrogens is 1130 g/mol. The van der Waals surface area contributed by atoms with E-state index in [2.05, 4.69) is 287 Å². The highest BCUT2D eigenvalue weighted by molar-refractivity contribution is 7.27. The zero-order valence-electron chi connectivity index (χ0n) is 46.9. The predicted octanol–water partition coefficient (Wildman–Crippen LogP) is 23.0. The molecule has 7 aromatic heterocycles. The Hall–Kier alpha value is -10.7. The maximum atomic E-state index is 5.71. The lowest BCUT2D eigenvalue weighted by Crippen LogP contribution is -1.99. The standard InChI is InChI=1S/C80H45N5S3/c1-7-25-67-53(19-1)59-36-39-62-56-22-4-10-28-70(56)86-77(62)74(59)83(67)50-34-31-46(32-35-50)73-65-45-48(47-15-13-17-51(43-47)84-68-26-8-2-20-54(68)60-37-40-63-57-23-5-11-29-71(57)87-78(63)75(60)84)33-42-66(65)81-80(82-73)49-16-14-18-52(44-49)85-69-27-9-3-21-55(69)61-38-41-64-58-24-6-12-30-72(58)88-79(64)76(61)85/h1-45H. The normalized spacial score (nSPS) is 12.3. The van der Waals surface area contributed by atoms with Crippen LogP contribution in [0.2, 0.25) is 0 Å². The Morgan fingerprint density at radius 3 is 1.11 bits per heavy atom. The number of benzene rings is 13. The monoisotopic (exact) mass is 1170 g/mol. The molecule has 0 saturated carbocycles. The second kappa shape index (κ2) is 18.4. The molecule has 0 amide bonds. The van der Waals surface area contributed by atoms with E-state index in [0.29, 0.717) is 5.82 Å². The molecule has 0 aliphatic rings. The molecule has 0 spiro atoms. The van der Waals surface area contributed by atoms with Gasteiger partial charge in [-0.15, -0.1) is 34.0 Å². The summed E-state index contributed by atoms with van der Waals surface area (Å²) in [5.41, 5.74) is 16.4. The molecule has 88 heavy (non-hydrogen) atoms. The Kier molecular flexibility index (Phi) is 10.1. The van der Waals surface area contributed by atoms with Crippen LogP contribution in [0.1, 0.15) is 0 Å². The third-order valence-corrected chi connectivity index (χ3v) is 22.0. The maximum absolute atomic E-state index is 5.71. The molecule has 8 heteroatoms. The minimum atomic E-state index is 0.671. The summed E-state index contributed by atoms with van der Waals surface area (Å²) in [4.78, 5) is 11.2. The van der Waals surface area contributed by atoms with E-state index >= 15 is 0 Å². The second-order valence-corrected chi connectivity index (χ2v) is 26.3. The van der Waals surface area contributed by atoms with Crippen LogP contribution >= 0.6 is 34.0 Å². The number of hydrogen-bond acceptors (Lipinski definition) is 5. The number of rotatable bonds is 6. The molecule has 5 nitrogen and oxygen atoms in total. The van der Waals surface area contributed by atoms with E-state index in [4.69, 9.17) is 9.97 Å². The first-order chi connectivity index (χ1) is 43.6. The molecule has 408 valence electrons. The molecule has 13 aromatic carbocycles. The van der Waals surface area contributed by atoms with Crippen molar-refractivity contribution in [1.82, 2.24) is 23.7 Å². The van der Waals surface area contributed by atoms with Gasteiger partial charge in [0.15, 0.2) is 5.82 Å². The van der Waals surface area contributed by atoms with E-state index in [0.717, 1.165) is 55.9 Å². The molecule has 20 aromatic rings. The number of aromatic nitrogens is 5. The fourth-order valence-electron chi connectivity index (χ4n) is 14.5. The molecule has 0 saturated heterocycles. The van der Waals surface area contributed by atoms with E-state index < -0.39 is 0 Å². The van der Waals surface area contributed by atoms with Crippen LogP contribution in [0.15, 0.2) is 273 Å². The zero-order valence-corrected chi connectivity index (χ0v) is 49.4. The van der Waals surface area contributed by atoms with Gasteiger partial charge < -0.3 is 13.7 Å². The average Bonchev–Trinajstić information content (AvgIpc) is 1.65. The molecular formula is C80H45N5S3. The van der Waals surface area contributed by atoms with Crippen LogP contribution < -0.4 is 0 Å². The highest BCUT2D eigenvalue weighted by Gasteiger charge is 2.23. The predicted molar refractivity (Wildman–Crippen MR) is 378 cm³/mol. The molecule has 0 unspecified atom stereocenters. The Labute approximate surface area is 514 Å². The van der Waals surface area contributed by atoms with Crippen molar-refractivity contribution in [2.24, 2.45) is 0 Å². The summed E-state index contributed by atoms with van der Waals surface area (Å²) >= 11 is 5.63. The maximum Gasteiger partial charge on any atom is 0.160 e. The molecule has 0 aliphatic heterocycles. The van der Waals surface area contributed by atoms with Gasteiger partial charge in [0.1, 0.15) is 0 Å². The van der Waals surface area contributed by atoms with Crippen molar-refractivity contribution in [3.8, 4) is 50.8 Å². The Balaban J connectivity index is 0.782. The third-order valence-electron chi connectivity index (χ3n) is 18.4. The fourth-order valence-corrected chi connectivity index (χ4v) is 18.3. The minimum Gasteiger partial charge on any atom is -0.308 e. The van der Waals surface area contributed by atoms with E-state index in [1.807, 2.05) is 34.0 Å². The van der Waals surface area contributed by atoms with Crippen LogP contribution in [0.3, 0.4) is 0 Å². The first-order valence-electron chi connectivity index (χ1n) is 29.8. The lowest BCUT2D eigenvalue weighted by Gasteiger charge is -2.15. The van der Waals surface area contributed by atoms with Gasteiger partial charge in [0.25, 0.3) is 0 Å². The van der Waals surface area contributed by atoms with Gasteiger partial charge in [0.05, 0.1) is 58.4 Å². The molecule has 7 heterocycles. The van der Waals surface area contributed by atoms with E-state index in [9.17, 15) is 0 Å². The number of para-hydroxylation sites is 3. The summed E-state index contributed by atoms with van der Waals surface area (Å²) in [5.74, 6) is 0.671. The molecule has 0 atom stereocenters. The number of hydrogen-bond donors (Lipinski definition) is 0. The highest BCUT2D eigenvalue weighted by Crippen LogP contribution is 2.47. The third kappa shape index (κ3) is 6.90. The van der Waals surface area contributed by atoms with Gasteiger partial charge in [-0.3, -0.25) is 0 Å². The van der Waals surface area contributed by atoms with Crippen molar-refractivity contribution >= 4 is 171 Å². The van der Waals surface area contributed by atoms with Gasteiger partial charge in [0, 0.05) is 112 Å². The van der Waals surface area contributed by atoms with Crippen LogP contribution in [0, 0.1) is 0 Å². The zero-order chi connectivity index (χ0) is 57.3. The molecule has 0 aliphatic carbocycles. The topological polar surface area (TPSA) is 40.6 Å². The summed E-state index contributed by atoms with van der Waals surface area (Å²) in [6.45, 7) is 0. The van der Waals surface area contributed by atoms with Crippen LogP contribution in [0.4, 0.5) is 0 Å². The smallest absolute Gasteiger partial charge is 0.160 e. The molecule has 0 radical (unpaired) electrons. The van der Waals surface area contributed by atoms with Crippen molar-refractivity contribution in [2.45, 2.75) is 0 Å². The van der Waals surface area contributed by atoms with Crippen LogP contribution in [-0.2, 0) is 0 Å². The largest absolute Gasteiger partial charge is 0.308 e. The van der Waals surface area contributed by atoms with Gasteiger partial charge in [-0.2, -0.15) is 0 Å². The van der Waals surface area contributed by atoms with Crippen LogP contribution in [0.5, 0.6) is 0 Å². The van der Waals surface area contributed by atoms with Gasteiger partial charge in [-0.1, -0.05) is 188 Å². The van der Waals surface area contributed by atoms with E-state index in [1.54, 1.807) is 0 Å². The molecule has 20 rings (SSSR count). The first kappa shape index (κ1) is 48.5. The SMILES string of the molecule is c1cc(-c2ccc3nc(-c4cccc(-n5c6ccccc6c6ccc7c8ccccc8sc7c65)c4)nc(-c4ccc(-n5c6ccccc6c6ccc7c8ccccc8sc7c65)cc4)c3c2)cc(-n2c3ccccc3c3ccc4c5ccccc5sc4c32)c1. The van der Waals surface area contributed by atoms with Crippen LogP contribution in [-0.4, -0.2) is 23.7 Å². The Morgan fingerprint density at radius 2 is 0.625 bits per heavy atom. The van der Waals surface area contributed by atoms with Gasteiger partial charge in [-0.25, -0.2) is 9.97 Å². The van der Waals surface area contributed by atoms with Crippen LogP contribution in [0.25, 0.3) is 188 Å². The van der Waals surface area contributed by atoms with Crippen molar-refractivity contribution in [3.05, 3.63) is 273 Å². The summed E-state index contributed by atoms with van der Waals surface area (Å²) in [6.07, 6.45) is 0. The van der Waals surface area contributed by atoms with Gasteiger partial charge >= 0.3 is 0 Å². The summed E-state index contributed by atoms with van der Waals surface area (Å²) in [6, 6.07) is 101. The van der Waals surface area contributed by atoms with Crippen molar-refractivity contribution in [2.75, 3.05) is 0 Å². The Morgan fingerprint density at radius 1 is 0.239 bits per heavy atom. The Bertz CT molecular complexity index is 6380. The van der Waals surface area contributed by atoms with E-state index in [-0.39, 0.29) is 0 Å². The lowest BCUT2D eigenvalue weighted by molar-refractivity contribution is 1.17. The summed E-state index contributed by atoms with van der Waals surface area (Å²) in [7, 11) is 0. The average molecular weight is 1170 g/mol. The second-order valence-electron chi connectivity index (χ2n) is 23.1. The van der Waals surface area contributed by atoms with Gasteiger partial charge in [-0.05, 0) is 96.1 Å². The fraction of sp³-hybridized carbons (Fsp3) is 0. The number of thiophene rings is 3. The minimum absolute atomic E-state index is 0.671. The highest BCUT2D eigenvalue weighted by atomic mass is 32.1. The summed E-state index contributed by atoms with van der Waals surface area (Å²) in [5, 5.41) is 16.2. The number of fused-ring (bicyclic) bond motifs is 22. The summed E-state index contributed by atoms with van der Waals surface area (Å²) < 4.78 is 15.2. The van der Waals surface area contributed by atoms with Gasteiger partial charge in [0.2, 0.25) is 0 Å². The molecule has 0 N–H and O–H groups in total. The quantitative estimate of drug-likeness (QED) is 0.166. The first-order valence-corrected chi connectivity index (χ1v) is 32.2. The lowest BCUT2D eigenvalue weighted by atomic mass is 9.99. The van der Waals surface area contributed by atoms with E-state index in [1.165, 1.54) is 126 Å². The molecule has 0 fully saturated rings. The van der Waals surface area contributed by atoms with Crippen molar-refractivity contribution < 1.29 is 0 Å². The van der Waals surface area contributed by atoms with Crippen molar-refractivity contribution in [1.29, 1.82) is 0 Å². The number of nitrogens with zero attached hydrogens (tertiary/aromatic N) is 5.